The second-order valence-electron chi connectivity index (χ2n) is 6.01. The molecule has 1 aliphatic heterocycles. The van der Waals surface area contributed by atoms with E-state index in [1.54, 1.807) is 4.90 Å². The van der Waals surface area contributed by atoms with Crippen LogP contribution in [0.5, 0.6) is 0 Å². The van der Waals surface area contributed by atoms with Crippen molar-refractivity contribution >= 4 is 17.7 Å². The van der Waals surface area contributed by atoms with E-state index < -0.39 is 17.7 Å². The summed E-state index contributed by atoms with van der Waals surface area (Å²) in [6.07, 6.45) is 1.79. The molecule has 1 unspecified atom stereocenters. The van der Waals surface area contributed by atoms with Crippen molar-refractivity contribution in [1.29, 1.82) is 0 Å². The van der Waals surface area contributed by atoms with Crippen LogP contribution >= 0.6 is 0 Å². The van der Waals surface area contributed by atoms with Crippen LogP contribution in [-0.2, 0) is 11.2 Å². The highest BCUT2D eigenvalue weighted by Crippen LogP contribution is 2.26. The predicted octanol–water partition coefficient (Wildman–Crippen LogP) is 3.16. The van der Waals surface area contributed by atoms with E-state index in [9.17, 15) is 19.1 Å². The molecule has 2 aromatic rings. The van der Waals surface area contributed by atoms with Crippen molar-refractivity contribution < 1.29 is 19.1 Å². The minimum Gasteiger partial charge on any atom is -0.481 e. The number of halogens is 1. The quantitative estimate of drug-likeness (QED) is 0.897. The highest BCUT2D eigenvalue weighted by molar-refractivity contribution is 5.93. The van der Waals surface area contributed by atoms with Crippen molar-refractivity contribution in [2.24, 2.45) is 0 Å². The van der Waals surface area contributed by atoms with Gasteiger partial charge in [0.05, 0.1) is 5.92 Å². The maximum absolute atomic E-state index is 13.0. The van der Waals surface area contributed by atoms with Crippen LogP contribution in [-0.4, -0.2) is 30.2 Å². The largest absolute Gasteiger partial charge is 0.481 e. The topological polar surface area (TPSA) is 69.6 Å². The zero-order chi connectivity index (χ0) is 17.8. The maximum atomic E-state index is 13.0. The van der Waals surface area contributed by atoms with Crippen LogP contribution in [0.2, 0.25) is 0 Å². The fraction of sp³-hybridized carbons (Fsp3) is 0.263. The number of anilines is 1. The van der Waals surface area contributed by atoms with Crippen LogP contribution in [0.3, 0.4) is 0 Å². The van der Waals surface area contributed by atoms with E-state index in [0.717, 1.165) is 24.1 Å². The minimum absolute atomic E-state index is 0.0571. The monoisotopic (exact) mass is 342 g/mol. The Morgan fingerprint density at radius 2 is 1.88 bits per heavy atom. The molecular weight excluding hydrogens is 323 g/mol. The number of carbonyl (C=O) groups is 2. The first kappa shape index (κ1) is 17.0. The molecule has 0 aliphatic carbocycles. The number of carboxylic acid groups (broad SMARTS) is 1. The van der Waals surface area contributed by atoms with E-state index in [1.807, 2.05) is 24.3 Å². The lowest BCUT2D eigenvalue weighted by Gasteiger charge is -2.30. The second kappa shape index (κ2) is 7.34. The van der Waals surface area contributed by atoms with Gasteiger partial charge in [-0.05, 0) is 42.2 Å². The number of carboxylic acids is 1. The van der Waals surface area contributed by atoms with Gasteiger partial charge < -0.3 is 10.4 Å². The molecule has 25 heavy (non-hydrogen) atoms. The molecule has 1 heterocycles. The summed E-state index contributed by atoms with van der Waals surface area (Å²) in [6.45, 7) is 0.537. The molecule has 0 bridgehead atoms. The van der Waals surface area contributed by atoms with Crippen LogP contribution in [0.1, 0.15) is 23.5 Å². The number of hydrogen-bond donors (Lipinski definition) is 2. The van der Waals surface area contributed by atoms with Gasteiger partial charge in [0.1, 0.15) is 5.82 Å². The van der Waals surface area contributed by atoms with Gasteiger partial charge >= 0.3 is 12.0 Å². The fourth-order valence-corrected chi connectivity index (χ4v) is 3.07. The number of hydrogen-bond acceptors (Lipinski definition) is 2. The third-order valence-electron chi connectivity index (χ3n) is 4.38. The number of nitrogens with zero attached hydrogens (tertiary/aromatic N) is 1. The van der Waals surface area contributed by atoms with Crippen molar-refractivity contribution in [3.05, 3.63) is 65.5 Å². The van der Waals surface area contributed by atoms with Crippen molar-refractivity contribution in [3.8, 4) is 0 Å². The normalized spacial score (nSPS) is 14.5. The Hall–Kier alpha value is -2.89. The number of aryl methyl sites for hydroxylation is 1. The summed E-state index contributed by atoms with van der Waals surface area (Å²) >= 11 is 0. The van der Waals surface area contributed by atoms with Crippen LogP contribution in [0.4, 0.5) is 14.9 Å². The van der Waals surface area contributed by atoms with Gasteiger partial charge in [0, 0.05) is 18.8 Å². The van der Waals surface area contributed by atoms with Crippen molar-refractivity contribution in [1.82, 2.24) is 5.32 Å². The van der Waals surface area contributed by atoms with E-state index in [2.05, 4.69) is 5.32 Å². The first-order valence-electron chi connectivity index (χ1n) is 8.18. The molecule has 0 saturated heterocycles. The lowest BCUT2D eigenvalue weighted by atomic mass is 9.99. The Morgan fingerprint density at radius 1 is 1.16 bits per heavy atom. The molecule has 5 nitrogen and oxygen atoms in total. The van der Waals surface area contributed by atoms with Gasteiger partial charge in [-0.3, -0.25) is 9.69 Å². The Morgan fingerprint density at radius 3 is 2.60 bits per heavy atom. The van der Waals surface area contributed by atoms with E-state index in [1.165, 1.54) is 24.3 Å². The molecule has 2 amide bonds. The highest BCUT2D eigenvalue weighted by atomic mass is 19.1. The molecule has 2 N–H and O–H groups in total. The molecule has 6 heteroatoms. The Labute approximate surface area is 145 Å². The number of amides is 2. The first-order chi connectivity index (χ1) is 12.1. The van der Waals surface area contributed by atoms with Crippen LogP contribution < -0.4 is 10.2 Å². The van der Waals surface area contributed by atoms with Crippen LogP contribution in [0.15, 0.2) is 48.5 Å². The molecule has 0 spiro atoms. The number of fused-ring (bicyclic) bond motifs is 1. The summed E-state index contributed by atoms with van der Waals surface area (Å²) < 4.78 is 13.0. The van der Waals surface area contributed by atoms with Gasteiger partial charge in [0.2, 0.25) is 0 Å². The Kier molecular flexibility index (Phi) is 4.97. The minimum atomic E-state index is -1.06. The maximum Gasteiger partial charge on any atom is 0.321 e. The number of benzene rings is 2. The summed E-state index contributed by atoms with van der Waals surface area (Å²) in [4.78, 5) is 25.7. The zero-order valence-electron chi connectivity index (χ0n) is 13.6. The van der Waals surface area contributed by atoms with Crippen molar-refractivity contribution in [2.75, 3.05) is 18.0 Å². The number of urea groups is 1. The van der Waals surface area contributed by atoms with Gasteiger partial charge in [0.25, 0.3) is 0 Å². The summed E-state index contributed by atoms with van der Waals surface area (Å²) in [5.74, 6) is -2.42. The number of para-hydroxylation sites is 1. The molecule has 2 aromatic carbocycles. The molecule has 0 saturated carbocycles. The molecule has 3 rings (SSSR count). The fourth-order valence-electron chi connectivity index (χ4n) is 3.07. The predicted molar refractivity (Wildman–Crippen MR) is 92.3 cm³/mol. The van der Waals surface area contributed by atoms with Gasteiger partial charge in [-0.15, -0.1) is 0 Å². The molecule has 0 radical (unpaired) electrons. The number of aliphatic carboxylic acids is 1. The van der Waals surface area contributed by atoms with Crippen LogP contribution in [0, 0.1) is 5.82 Å². The highest BCUT2D eigenvalue weighted by Gasteiger charge is 2.25. The van der Waals surface area contributed by atoms with Crippen LogP contribution in [0.25, 0.3) is 0 Å². The van der Waals surface area contributed by atoms with Gasteiger partial charge in [-0.25, -0.2) is 9.18 Å². The van der Waals surface area contributed by atoms with Gasteiger partial charge in [0.15, 0.2) is 0 Å². The standard InChI is InChI=1S/C19H19FN2O3/c20-15-9-7-13(8-10-15)16(18(23)24)12-21-19(25)22-11-3-5-14-4-1-2-6-17(14)22/h1-2,4,6-10,16H,3,5,11-12H2,(H,21,25)(H,23,24). The summed E-state index contributed by atoms with van der Waals surface area (Å²) in [6, 6.07) is 12.7. The number of carbonyl (C=O) groups excluding carboxylic acids is 1. The summed E-state index contributed by atoms with van der Waals surface area (Å²) in [5, 5.41) is 12.1. The van der Waals surface area contributed by atoms with Crippen molar-refractivity contribution in [2.45, 2.75) is 18.8 Å². The number of rotatable bonds is 4. The van der Waals surface area contributed by atoms with E-state index in [-0.39, 0.29) is 12.6 Å². The molecular formula is C19H19FN2O3. The number of nitrogens with one attached hydrogen (secondary N) is 1. The lowest BCUT2D eigenvalue weighted by Crippen LogP contribution is -2.44. The summed E-state index contributed by atoms with van der Waals surface area (Å²) in [5.41, 5.74) is 2.42. The summed E-state index contributed by atoms with van der Waals surface area (Å²) in [7, 11) is 0. The average Bonchev–Trinajstić information content (AvgIpc) is 2.62. The molecule has 130 valence electrons. The SMILES string of the molecule is O=C(O)C(CNC(=O)N1CCCc2ccccc21)c1ccc(F)cc1. The molecule has 1 aliphatic rings. The Balaban J connectivity index is 1.70. The lowest BCUT2D eigenvalue weighted by molar-refractivity contribution is -0.138. The van der Waals surface area contributed by atoms with E-state index >= 15 is 0 Å². The van der Waals surface area contributed by atoms with Gasteiger partial charge in [-0.2, -0.15) is 0 Å². The van der Waals surface area contributed by atoms with Gasteiger partial charge in [-0.1, -0.05) is 30.3 Å². The molecule has 0 fully saturated rings. The van der Waals surface area contributed by atoms with E-state index in [4.69, 9.17) is 0 Å². The van der Waals surface area contributed by atoms with E-state index in [0.29, 0.717) is 12.1 Å². The zero-order valence-corrected chi connectivity index (χ0v) is 13.6. The third-order valence-corrected chi connectivity index (χ3v) is 4.38. The third kappa shape index (κ3) is 3.79. The molecule has 1 atom stereocenters. The second-order valence-corrected chi connectivity index (χ2v) is 6.01. The smallest absolute Gasteiger partial charge is 0.321 e. The first-order valence-corrected chi connectivity index (χ1v) is 8.18. The van der Waals surface area contributed by atoms with Crippen molar-refractivity contribution in [3.63, 3.8) is 0 Å². The Bertz CT molecular complexity index is 776. The molecule has 0 aromatic heterocycles. The average molecular weight is 342 g/mol.